The lowest BCUT2D eigenvalue weighted by Gasteiger charge is -2.01. The van der Waals surface area contributed by atoms with Crippen molar-refractivity contribution in [3.8, 4) is 0 Å². The first-order valence-electron chi connectivity index (χ1n) is 5.32. The number of carbonyl (C=O) groups excluding carboxylic acids is 1. The Balaban J connectivity index is 2.05. The van der Waals surface area contributed by atoms with Crippen molar-refractivity contribution in [1.29, 1.82) is 0 Å². The van der Waals surface area contributed by atoms with E-state index in [4.69, 9.17) is 5.14 Å². The predicted molar refractivity (Wildman–Crippen MR) is 68.6 cm³/mol. The minimum absolute atomic E-state index is 0.00691. The number of primary sulfonamides is 1. The van der Waals surface area contributed by atoms with E-state index in [1.165, 1.54) is 0 Å². The third-order valence-corrected chi connectivity index (χ3v) is 3.22. The van der Waals surface area contributed by atoms with Gasteiger partial charge in [0, 0.05) is 17.4 Å². The predicted octanol–water partition coefficient (Wildman–Crippen LogP) is 0.186. The number of H-pyrrole nitrogens is 1. The maximum Gasteiger partial charge on any atom is 0.267 e. The number of sulfonamides is 1. The Bertz CT molecular complexity index is 643. The summed E-state index contributed by atoms with van der Waals surface area (Å²) >= 11 is 0. The van der Waals surface area contributed by atoms with Gasteiger partial charge in [0.25, 0.3) is 5.91 Å². The summed E-state index contributed by atoms with van der Waals surface area (Å²) in [5, 5.41) is 8.25. The van der Waals surface area contributed by atoms with E-state index < -0.39 is 10.0 Å². The van der Waals surface area contributed by atoms with Crippen LogP contribution in [0.15, 0.2) is 30.3 Å². The minimum Gasteiger partial charge on any atom is -0.351 e. The Hall–Kier alpha value is -1.86. The monoisotopic (exact) mass is 267 g/mol. The first kappa shape index (κ1) is 12.6. The van der Waals surface area contributed by atoms with Crippen LogP contribution in [0.2, 0.25) is 0 Å². The Labute approximate surface area is 104 Å². The lowest BCUT2D eigenvalue weighted by Crippen LogP contribution is -2.31. The number of para-hydroxylation sites is 1. The molecule has 96 valence electrons. The molecule has 0 radical (unpaired) electrons. The average Bonchev–Trinajstić information content (AvgIpc) is 2.70. The van der Waals surface area contributed by atoms with Gasteiger partial charge in [0.05, 0.1) is 5.75 Å². The molecule has 0 saturated heterocycles. The van der Waals surface area contributed by atoms with Gasteiger partial charge in [0.1, 0.15) is 5.69 Å². The summed E-state index contributed by atoms with van der Waals surface area (Å²) in [6, 6.07) is 9.19. The van der Waals surface area contributed by atoms with Crippen molar-refractivity contribution in [1.82, 2.24) is 10.3 Å². The van der Waals surface area contributed by atoms with Crippen LogP contribution in [-0.4, -0.2) is 31.6 Å². The van der Waals surface area contributed by atoms with Crippen molar-refractivity contribution in [3.05, 3.63) is 36.0 Å². The van der Waals surface area contributed by atoms with Crippen LogP contribution in [0.4, 0.5) is 0 Å². The number of rotatable bonds is 4. The molecule has 6 nitrogen and oxygen atoms in total. The van der Waals surface area contributed by atoms with E-state index in [0.717, 1.165) is 10.9 Å². The Morgan fingerprint density at radius 3 is 2.72 bits per heavy atom. The van der Waals surface area contributed by atoms with Crippen LogP contribution in [0.1, 0.15) is 10.5 Å². The molecule has 2 rings (SSSR count). The molecule has 0 bridgehead atoms. The molecule has 1 aromatic heterocycles. The van der Waals surface area contributed by atoms with E-state index >= 15 is 0 Å². The lowest BCUT2D eigenvalue weighted by molar-refractivity contribution is 0.0952. The smallest absolute Gasteiger partial charge is 0.267 e. The number of carbonyl (C=O) groups is 1. The summed E-state index contributed by atoms with van der Waals surface area (Å²) < 4.78 is 21.4. The molecule has 0 atom stereocenters. The standard InChI is InChI=1S/C11H13N3O3S/c12-18(16,17)6-5-13-11(15)10-7-8-3-1-2-4-9(8)14-10/h1-4,7,14H,5-6H2,(H,13,15)(H2,12,16,17). The number of hydrogen-bond donors (Lipinski definition) is 3. The van der Waals surface area contributed by atoms with Crippen LogP contribution in [0.5, 0.6) is 0 Å². The second-order valence-corrected chi connectivity index (χ2v) is 5.63. The van der Waals surface area contributed by atoms with E-state index in [2.05, 4.69) is 10.3 Å². The molecule has 4 N–H and O–H groups in total. The molecule has 0 saturated carbocycles. The summed E-state index contributed by atoms with van der Waals surface area (Å²) in [7, 11) is -3.55. The normalized spacial score (nSPS) is 11.6. The number of aromatic nitrogens is 1. The van der Waals surface area contributed by atoms with E-state index in [1.54, 1.807) is 6.07 Å². The molecule has 0 spiro atoms. The Morgan fingerprint density at radius 2 is 2.06 bits per heavy atom. The van der Waals surface area contributed by atoms with Crippen LogP contribution in [0.3, 0.4) is 0 Å². The van der Waals surface area contributed by atoms with Crippen LogP contribution in [0.25, 0.3) is 10.9 Å². The first-order valence-corrected chi connectivity index (χ1v) is 7.04. The van der Waals surface area contributed by atoms with Gasteiger partial charge in [-0.15, -0.1) is 0 Å². The van der Waals surface area contributed by atoms with Crippen molar-refractivity contribution in [2.24, 2.45) is 5.14 Å². The number of nitrogens with two attached hydrogens (primary N) is 1. The molecular weight excluding hydrogens is 254 g/mol. The second kappa shape index (κ2) is 4.79. The molecule has 2 aromatic rings. The summed E-state index contributed by atoms with van der Waals surface area (Å²) in [6.07, 6.45) is 0. The Morgan fingerprint density at radius 1 is 1.33 bits per heavy atom. The zero-order valence-electron chi connectivity index (χ0n) is 9.51. The van der Waals surface area contributed by atoms with Gasteiger partial charge in [0.2, 0.25) is 10.0 Å². The molecule has 0 aliphatic carbocycles. The molecule has 0 unspecified atom stereocenters. The highest BCUT2D eigenvalue weighted by molar-refractivity contribution is 7.89. The highest BCUT2D eigenvalue weighted by Gasteiger charge is 2.10. The zero-order valence-corrected chi connectivity index (χ0v) is 10.3. The Kier molecular flexibility index (Phi) is 3.35. The van der Waals surface area contributed by atoms with Gasteiger partial charge in [-0.2, -0.15) is 0 Å². The summed E-state index contributed by atoms with van der Waals surface area (Å²) in [5.41, 5.74) is 1.25. The minimum atomic E-state index is -3.55. The van der Waals surface area contributed by atoms with Gasteiger partial charge >= 0.3 is 0 Å². The van der Waals surface area contributed by atoms with Gasteiger partial charge in [-0.05, 0) is 12.1 Å². The van der Waals surface area contributed by atoms with Crippen LogP contribution >= 0.6 is 0 Å². The topological polar surface area (TPSA) is 105 Å². The van der Waals surface area contributed by atoms with Gasteiger partial charge in [-0.25, -0.2) is 13.6 Å². The first-order chi connectivity index (χ1) is 8.46. The number of fused-ring (bicyclic) bond motifs is 1. The van der Waals surface area contributed by atoms with E-state index in [1.807, 2.05) is 24.3 Å². The number of nitrogens with one attached hydrogen (secondary N) is 2. The van der Waals surface area contributed by atoms with Gasteiger partial charge < -0.3 is 10.3 Å². The molecule has 0 aliphatic heterocycles. The quantitative estimate of drug-likeness (QED) is 0.736. The summed E-state index contributed by atoms with van der Waals surface area (Å²) in [4.78, 5) is 14.7. The maximum atomic E-state index is 11.7. The van der Waals surface area contributed by atoms with Crippen molar-refractivity contribution in [3.63, 3.8) is 0 Å². The number of aromatic amines is 1. The zero-order chi connectivity index (χ0) is 13.2. The number of benzene rings is 1. The van der Waals surface area contributed by atoms with Crippen molar-refractivity contribution >= 4 is 26.8 Å². The van der Waals surface area contributed by atoms with E-state index in [0.29, 0.717) is 5.69 Å². The van der Waals surface area contributed by atoms with Gasteiger partial charge in [-0.1, -0.05) is 18.2 Å². The summed E-state index contributed by atoms with van der Waals surface area (Å²) in [5.74, 6) is -0.631. The molecule has 7 heteroatoms. The fourth-order valence-corrected chi connectivity index (χ4v) is 1.98. The van der Waals surface area contributed by atoms with Gasteiger partial charge in [-0.3, -0.25) is 4.79 Å². The third-order valence-electron chi connectivity index (χ3n) is 2.45. The van der Waals surface area contributed by atoms with Crippen molar-refractivity contribution in [2.75, 3.05) is 12.3 Å². The number of hydrogen-bond acceptors (Lipinski definition) is 3. The second-order valence-electron chi connectivity index (χ2n) is 3.89. The molecule has 18 heavy (non-hydrogen) atoms. The highest BCUT2D eigenvalue weighted by atomic mass is 32.2. The third kappa shape index (κ3) is 3.08. The van der Waals surface area contributed by atoms with Crippen LogP contribution < -0.4 is 10.5 Å². The fourth-order valence-electron chi connectivity index (χ4n) is 1.60. The number of amides is 1. The van der Waals surface area contributed by atoms with Crippen LogP contribution in [-0.2, 0) is 10.0 Å². The van der Waals surface area contributed by atoms with E-state index in [-0.39, 0.29) is 18.2 Å². The molecule has 1 heterocycles. The summed E-state index contributed by atoms with van der Waals surface area (Å²) in [6.45, 7) is -0.00691. The van der Waals surface area contributed by atoms with Crippen molar-refractivity contribution in [2.45, 2.75) is 0 Å². The highest BCUT2D eigenvalue weighted by Crippen LogP contribution is 2.14. The fraction of sp³-hybridized carbons (Fsp3) is 0.182. The largest absolute Gasteiger partial charge is 0.351 e. The molecular formula is C11H13N3O3S. The SMILES string of the molecule is NS(=O)(=O)CCNC(=O)c1cc2ccccc2[nH]1. The van der Waals surface area contributed by atoms with Crippen molar-refractivity contribution < 1.29 is 13.2 Å². The molecule has 0 fully saturated rings. The molecule has 0 aliphatic rings. The molecule has 1 aromatic carbocycles. The van der Waals surface area contributed by atoms with Gasteiger partial charge in [0.15, 0.2) is 0 Å². The van der Waals surface area contributed by atoms with Crippen LogP contribution in [0, 0.1) is 0 Å². The van der Waals surface area contributed by atoms with E-state index in [9.17, 15) is 13.2 Å². The maximum absolute atomic E-state index is 11.7. The lowest BCUT2D eigenvalue weighted by atomic mass is 10.2. The average molecular weight is 267 g/mol. The molecule has 1 amide bonds.